The molecule has 0 aliphatic heterocycles. The molecule has 0 N–H and O–H groups in total. The van der Waals surface area contributed by atoms with Crippen LogP contribution < -0.4 is 9.80 Å². The SMILES string of the molecule is [C-]#[N+]c1ccccc1N(c1ccccc1)c1ccc2cc3c(cc2c1)C1(c2ccccc2-c2c1ccc1ccccc21)c1c-3ccc2cc(N(c3ccccc3)c3ccccc3C#N)ccc12. The van der Waals surface area contributed by atoms with Gasteiger partial charge in [0.1, 0.15) is 6.07 Å². The van der Waals surface area contributed by atoms with E-state index >= 15 is 0 Å². The van der Waals surface area contributed by atoms with Crippen LogP contribution in [0.5, 0.6) is 0 Å². The first-order chi connectivity index (χ1) is 33.1. The van der Waals surface area contributed by atoms with Crippen LogP contribution in [0.3, 0.4) is 0 Å². The van der Waals surface area contributed by atoms with E-state index in [1.165, 1.54) is 60.7 Å². The van der Waals surface area contributed by atoms with E-state index in [1.807, 2.05) is 84.9 Å². The molecular formula is C63H38N4. The van der Waals surface area contributed by atoms with E-state index in [2.05, 4.69) is 166 Å². The smallest absolute Gasteiger partial charge is 0.210 e. The fourth-order valence-electron chi connectivity index (χ4n) is 11.3. The number of rotatable bonds is 6. The summed E-state index contributed by atoms with van der Waals surface area (Å²) in [6.07, 6.45) is 0. The first kappa shape index (κ1) is 38.3. The molecule has 0 amide bonds. The molecule has 13 rings (SSSR count). The third-order valence-electron chi connectivity index (χ3n) is 14.0. The lowest BCUT2D eigenvalue weighted by Crippen LogP contribution is -2.26. The van der Waals surface area contributed by atoms with Crippen molar-refractivity contribution >= 4 is 72.1 Å². The number of nitriles is 1. The maximum absolute atomic E-state index is 10.3. The van der Waals surface area contributed by atoms with Crippen LogP contribution in [0.1, 0.15) is 27.8 Å². The fraction of sp³-hybridized carbons (Fsp3) is 0.0159. The molecule has 1 unspecified atom stereocenters. The number of anilines is 6. The van der Waals surface area contributed by atoms with Gasteiger partial charge in [-0.1, -0.05) is 152 Å². The number of hydrogen-bond donors (Lipinski definition) is 0. The first-order valence-electron chi connectivity index (χ1n) is 22.6. The molecule has 0 saturated carbocycles. The van der Waals surface area contributed by atoms with Crippen molar-refractivity contribution in [1.29, 1.82) is 5.26 Å². The fourth-order valence-corrected chi connectivity index (χ4v) is 11.3. The standard InChI is InChI=1S/C63H38N4/c1-65-58-25-13-15-27-60(58)67(47-20-6-3-7-21-47)48-31-28-42-38-54-52-33-29-43-36-49(66(46-18-4-2-5-19-46)59-26-14-9-17-44(59)40-64)32-34-51(43)62(52)63(57(54)39-45(42)37-48)55-24-12-11-23-53(55)61-50-22-10-8-16-41(50)30-35-56(61)63/h2-39H. The Balaban J connectivity index is 1.09. The zero-order valence-electron chi connectivity index (χ0n) is 36.2. The number of hydrogen-bond acceptors (Lipinski definition) is 3. The zero-order chi connectivity index (χ0) is 44.6. The molecule has 0 saturated heterocycles. The Morgan fingerprint density at radius 2 is 1.03 bits per heavy atom. The van der Waals surface area contributed by atoms with Gasteiger partial charge in [-0.3, -0.25) is 0 Å². The van der Waals surface area contributed by atoms with Crippen LogP contribution in [-0.4, -0.2) is 0 Å². The van der Waals surface area contributed by atoms with Crippen molar-refractivity contribution in [2.45, 2.75) is 5.41 Å². The van der Waals surface area contributed by atoms with Crippen LogP contribution in [0, 0.1) is 17.9 Å². The number of benzene rings is 11. The molecule has 0 aromatic heterocycles. The average molecular weight is 851 g/mol. The lowest BCUT2D eigenvalue weighted by molar-refractivity contribution is 0.803. The van der Waals surface area contributed by atoms with E-state index in [0.717, 1.165) is 50.3 Å². The van der Waals surface area contributed by atoms with Gasteiger partial charge in [0.05, 0.1) is 28.9 Å². The van der Waals surface area contributed by atoms with Gasteiger partial charge < -0.3 is 9.80 Å². The van der Waals surface area contributed by atoms with Gasteiger partial charge in [-0.05, 0) is 156 Å². The highest BCUT2D eigenvalue weighted by molar-refractivity contribution is 6.11. The summed E-state index contributed by atoms with van der Waals surface area (Å²) in [4.78, 5) is 8.36. The van der Waals surface area contributed by atoms with Crippen LogP contribution in [0.2, 0.25) is 0 Å². The number of nitrogens with zero attached hydrogens (tertiary/aromatic N) is 4. The van der Waals surface area contributed by atoms with Crippen molar-refractivity contribution in [3.05, 3.63) is 270 Å². The van der Waals surface area contributed by atoms with Crippen molar-refractivity contribution < 1.29 is 0 Å². The molecule has 11 aromatic rings. The average Bonchev–Trinajstić information content (AvgIpc) is 3.86. The van der Waals surface area contributed by atoms with Crippen molar-refractivity contribution in [3.8, 4) is 28.3 Å². The monoisotopic (exact) mass is 850 g/mol. The molecule has 11 aromatic carbocycles. The summed E-state index contributed by atoms with van der Waals surface area (Å²) in [7, 11) is 0. The molecule has 0 radical (unpaired) electrons. The van der Waals surface area contributed by atoms with E-state index < -0.39 is 5.41 Å². The maximum atomic E-state index is 10.3. The minimum absolute atomic E-state index is 0.595. The predicted octanol–water partition coefficient (Wildman–Crippen LogP) is 16.9. The van der Waals surface area contributed by atoms with E-state index in [9.17, 15) is 5.26 Å². The topological polar surface area (TPSA) is 34.6 Å². The van der Waals surface area contributed by atoms with Gasteiger partial charge in [0.2, 0.25) is 5.69 Å². The van der Waals surface area contributed by atoms with Gasteiger partial charge in [0, 0.05) is 22.7 Å². The summed E-state index contributed by atoms with van der Waals surface area (Å²) in [6, 6.07) is 84.3. The summed E-state index contributed by atoms with van der Waals surface area (Å²) < 4.78 is 0. The third kappa shape index (κ3) is 5.58. The van der Waals surface area contributed by atoms with Gasteiger partial charge in [-0.25, -0.2) is 4.85 Å². The quantitative estimate of drug-likeness (QED) is 0.156. The van der Waals surface area contributed by atoms with Crippen molar-refractivity contribution in [1.82, 2.24) is 0 Å². The summed E-state index contributed by atoms with van der Waals surface area (Å²) >= 11 is 0. The molecule has 0 fully saturated rings. The summed E-state index contributed by atoms with van der Waals surface area (Å²) in [5.41, 5.74) is 16.2. The Labute approximate surface area is 388 Å². The summed E-state index contributed by atoms with van der Waals surface area (Å²) in [6.45, 7) is 8.11. The molecule has 2 aliphatic carbocycles. The van der Waals surface area contributed by atoms with E-state index in [4.69, 9.17) is 6.57 Å². The summed E-state index contributed by atoms with van der Waals surface area (Å²) in [5.74, 6) is 0. The van der Waals surface area contributed by atoms with Crippen molar-refractivity contribution in [2.75, 3.05) is 9.80 Å². The Morgan fingerprint density at radius 3 is 1.82 bits per heavy atom. The maximum Gasteiger partial charge on any atom is 0.210 e. The molecule has 67 heavy (non-hydrogen) atoms. The van der Waals surface area contributed by atoms with Gasteiger partial charge in [-0.15, -0.1) is 0 Å². The van der Waals surface area contributed by atoms with Crippen LogP contribution in [0.4, 0.5) is 39.8 Å². The number of para-hydroxylation sites is 5. The summed E-state index contributed by atoms with van der Waals surface area (Å²) in [5, 5.41) is 17.4. The number of fused-ring (bicyclic) bond motifs is 15. The van der Waals surface area contributed by atoms with E-state index in [0.29, 0.717) is 11.3 Å². The van der Waals surface area contributed by atoms with Gasteiger partial charge >= 0.3 is 0 Å². The first-order valence-corrected chi connectivity index (χ1v) is 22.6. The van der Waals surface area contributed by atoms with Gasteiger partial charge in [-0.2, -0.15) is 5.26 Å². The minimum atomic E-state index is -0.645. The predicted molar refractivity (Wildman–Crippen MR) is 276 cm³/mol. The Morgan fingerprint density at radius 1 is 0.403 bits per heavy atom. The molecule has 2 aliphatic rings. The van der Waals surface area contributed by atoms with Crippen molar-refractivity contribution in [3.63, 3.8) is 0 Å². The minimum Gasteiger partial charge on any atom is -0.320 e. The Bertz CT molecular complexity index is 3920. The normalized spacial score (nSPS) is 14.0. The highest BCUT2D eigenvalue weighted by Gasteiger charge is 2.53. The zero-order valence-corrected chi connectivity index (χ0v) is 36.2. The lowest BCUT2D eigenvalue weighted by Gasteiger charge is -2.32. The Kier molecular flexibility index (Phi) is 8.52. The Hall–Kier alpha value is -9.22. The third-order valence-corrected chi connectivity index (χ3v) is 14.0. The lowest BCUT2D eigenvalue weighted by atomic mass is 9.69. The molecule has 310 valence electrons. The van der Waals surface area contributed by atoms with Crippen LogP contribution in [0.25, 0.3) is 59.4 Å². The van der Waals surface area contributed by atoms with Crippen LogP contribution in [0.15, 0.2) is 231 Å². The second kappa shape index (κ2) is 14.9. The largest absolute Gasteiger partial charge is 0.320 e. The van der Waals surface area contributed by atoms with Crippen LogP contribution >= 0.6 is 0 Å². The molecule has 4 nitrogen and oxygen atoms in total. The second-order valence-corrected chi connectivity index (χ2v) is 17.4. The highest BCUT2D eigenvalue weighted by Crippen LogP contribution is 2.65. The van der Waals surface area contributed by atoms with E-state index in [1.54, 1.807) is 0 Å². The molecule has 0 bridgehead atoms. The van der Waals surface area contributed by atoms with Gasteiger partial charge in [0.15, 0.2) is 0 Å². The molecule has 4 heteroatoms. The van der Waals surface area contributed by atoms with Gasteiger partial charge in [0.25, 0.3) is 0 Å². The molecule has 1 atom stereocenters. The second-order valence-electron chi connectivity index (χ2n) is 17.4. The van der Waals surface area contributed by atoms with Crippen molar-refractivity contribution in [2.24, 2.45) is 0 Å². The molecule has 0 heterocycles. The van der Waals surface area contributed by atoms with E-state index in [-0.39, 0.29) is 0 Å². The molecular weight excluding hydrogens is 813 g/mol. The molecule has 1 spiro atoms. The highest BCUT2D eigenvalue weighted by atomic mass is 15.2. The van der Waals surface area contributed by atoms with Crippen LogP contribution in [-0.2, 0) is 5.41 Å².